The van der Waals surface area contributed by atoms with Gasteiger partial charge in [-0.3, -0.25) is 0 Å². The Balaban J connectivity index is 1.91. The molecule has 0 saturated heterocycles. The Morgan fingerprint density at radius 3 is 2.33 bits per heavy atom. The molecule has 0 amide bonds. The Morgan fingerprint density at radius 1 is 0.952 bits per heavy atom. The van der Waals surface area contributed by atoms with E-state index in [-0.39, 0.29) is 11.5 Å². The van der Waals surface area contributed by atoms with E-state index in [4.69, 9.17) is 0 Å². The third-order valence-corrected chi connectivity index (χ3v) is 4.02. The molecule has 2 nitrogen and oxygen atoms in total. The average molecular weight is 310 g/mol. The summed E-state index contributed by atoms with van der Waals surface area (Å²) in [6.07, 6.45) is -4.68. The first-order valence-electron chi connectivity index (χ1n) is 5.99. The molecule has 6 heteroatoms. The van der Waals surface area contributed by atoms with Gasteiger partial charge in [-0.25, -0.2) is 0 Å². The third-order valence-electron chi connectivity index (χ3n) is 2.88. The minimum absolute atomic E-state index is 0.185. The fourth-order valence-electron chi connectivity index (χ4n) is 1.98. The van der Waals surface area contributed by atoms with E-state index in [2.05, 4.69) is 4.74 Å². The molecular formula is C15H9F3O2S. The fourth-order valence-corrected chi connectivity index (χ4v) is 3.08. The Labute approximate surface area is 122 Å². The number of hydrogen-bond acceptors (Lipinski definition) is 3. The van der Waals surface area contributed by atoms with Crippen molar-refractivity contribution in [2.24, 2.45) is 0 Å². The molecule has 21 heavy (non-hydrogen) atoms. The highest BCUT2D eigenvalue weighted by molar-refractivity contribution is 7.22. The zero-order chi connectivity index (χ0) is 15.0. The maximum atomic E-state index is 12.1. The molecule has 1 N–H and O–H groups in total. The van der Waals surface area contributed by atoms with Gasteiger partial charge in [-0.1, -0.05) is 0 Å². The van der Waals surface area contributed by atoms with Gasteiger partial charge in [-0.05, 0) is 59.5 Å². The number of ether oxygens (including phenoxy) is 1. The molecule has 1 heterocycles. The van der Waals surface area contributed by atoms with E-state index in [1.54, 1.807) is 30.3 Å². The summed E-state index contributed by atoms with van der Waals surface area (Å²) >= 11 is 1.46. The number of thiophene rings is 1. The van der Waals surface area contributed by atoms with Gasteiger partial charge in [0.2, 0.25) is 0 Å². The van der Waals surface area contributed by atoms with Crippen LogP contribution in [-0.4, -0.2) is 11.5 Å². The Kier molecular flexibility index (Phi) is 3.25. The van der Waals surface area contributed by atoms with Gasteiger partial charge in [0.05, 0.1) is 0 Å². The normalized spacial score (nSPS) is 11.8. The maximum Gasteiger partial charge on any atom is 0.573 e. The number of rotatable bonds is 2. The van der Waals surface area contributed by atoms with Crippen LogP contribution in [0.4, 0.5) is 13.2 Å². The number of benzene rings is 2. The first kappa shape index (κ1) is 13.8. The van der Waals surface area contributed by atoms with Gasteiger partial charge in [-0.2, -0.15) is 0 Å². The fraction of sp³-hybridized carbons (Fsp3) is 0.0667. The number of halogens is 3. The van der Waals surface area contributed by atoms with Crippen LogP contribution in [0.1, 0.15) is 0 Å². The predicted octanol–water partition coefficient (Wildman–Crippen LogP) is 5.17. The lowest BCUT2D eigenvalue weighted by Gasteiger charge is -2.08. The summed E-state index contributed by atoms with van der Waals surface area (Å²) in [5.74, 6) is -0.0603. The molecule has 3 rings (SSSR count). The van der Waals surface area contributed by atoms with Crippen LogP contribution in [0.3, 0.4) is 0 Å². The first-order valence-corrected chi connectivity index (χ1v) is 6.81. The number of aromatic hydroxyl groups is 1. The van der Waals surface area contributed by atoms with E-state index in [0.29, 0.717) is 0 Å². The summed E-state index contributed by atoms with van der Waals surface area (Å²) in [5, 5.41) is 10.4. The van der Waals surface area contributed by atoms with Crippen molar-refractivity contribution in [2.45, 2.75) is 6.36 Å². The van der Waals surface area contributed by atoms with Crippen LogP contribution >= 0.6 is 11.3 Å². The molecule has 0 spiro atoms. The van der Waals surface area contributed by atoms with Crippen LogP contribution in [0, 0.1) is 0 Å². The predicted molar refractivity (Wildman–Crippen MR) is 75.6 cm³/mol. The number of fused-ring (bicyclic) bond motifs is 1. The van der Waals surface area contributed by atoms with E-state index in [1.807, 2.05) is 6.07 Å². The van der Waals surface area contributed by atoms with Gasteiger partial charge in [0, 0.05) is 9.58 Å². The molecule has 1 aromatic heterocycles. The zero-order valence-electron chi connectivity index (χ0n) is 10.5. The summed E-state index contributed by atoms with van der Waals surface area (Å²) in [6, 6.07) is 12.7. The van der Waals surface area contributed by atoms with Crippen LogP contribution in [0.2, 0.25) is 0 Å². The summed E-state index contributed by atoms with van der Waals surface area (Å²) in [6.45, 7) is 0. The van der Waals surface area contributed by atoms with Crippen LogP contribution in [0.15, 0.2) is 48.5 Å². The lowest BCUT2D eigenvalue weighted by Crippen LogP contribution is -2.16. The van der Waals surface area contributed by atoms with E-state index >= 15 is 0 Å². The second kappa shape index (κ2) is 4.96. The molecule has 0 bridgehead atoms. The molecule has 108 valence electrons. The van der Waals surface area contributed by atoms with Crippen LogP contribution in [-0.2, 0) is 0 Å². The minimum atomic E-state index is -4.68. The minimum Gasteiger partial charge on any atom is -0.508 e. The van der Waals surface area contributed by atoms with Crippen molar-refractivity contribution in [1.82, 2.24) is 0 Å². The molecule has 2 aromatic carbocycles. The second-order valence-electron chi connectivity index (χ2n) is 4.40. The lowest BCUT2D eigenvalue weighted by molar-refractivity contribution is -0.274. The van der Waals surface area contributed by atoms with Crippen LogP contribution < -0.4 is 4.74 Å². The van der Waals surface area contributed by atoms with Gasteiger partial charge in [-0.15, -0.1) is 24.5 Å². The molecule has 0 radical (unpaired) electrons. The number of hydrogen-bond donors (Lipinski definition) is 1. The molecule has 0 saturated carbocycles. The van der Waals surface area contributed by atoms with Crippen molar-refractivity contribution in [3.05, 3.63) is 48.5 Å². The zero-order valence-corrected chi connectivity index (χ0v) is 11.3. The van der Waals surface area contributed by atoms with Crippen LogP contribution in [0.5, 0.6) is 11.5 Å². The molecule has 0 fully saturated rings. The van der Waals surface area contributed by atoms with Crippen molar-refractivity contribution in [3.8, 4) is 21.9 Å². The maximum absolute atomic E-state index is 12.1. The first-order chi connectivity index (χ1) is 9.90. The topological polar surface area (TPSA) is 29.5 Å². The van der Waals surface area contributed by atoms with E-state index < -0.39 is 6.36 Å². The highest BCUT2D eigenvalue weighted by atomic mass is 32.1. The molecule has 0 aliphatic heterocycles. The van der Waals surface area contributed by atoms with Crippen molar-refractivity contribution in [1.29, 1.82) is 0 Å². The van der Waals surface area contributed by atoms with Crippen molar-refractivity contribution in [3.63, 3.8) is 0 Å². The number of phenols is 1. The summed E-state index contributed by atoms with van der Waals surface area (Å²) in [4.78, 5) is 0.911. The summed E-state index contributed by atoms with van der Waals surface area (Å²) in [7, 11) is 0. The van der Waals surface area contributed by atoms with E-state index in [1.165, 1.54) is 23.5 Å². The second-order valence-corrected chi connectivity index (χ2v) is 5.49. The van der Waals surface area contributed by atoms with Gasteiger partial charge >= 0.3 is 6.36 Å². The highest BCUT2D eigenvalue weighted by Crippen LogP contribution is 2.36. The molecule has 0 aliphatic carbocycles. The monoisotopic (exact) mass is 310 g/mol. The van der Waals surface area contributed by atoms with Crippen molar-refractivity contribution < 1.29 is 23.0 Å². The molecule has 3 aromatic rings. The Morgan fingerprint density at radius 2 is 1.67 bits per heavy atom. The Bertz CT molecular complexity index is 776. The van der Waals surface area contributed by atoms with Gasteiger partial charge < -0.3 is 9.84 Å². The molecule has 0 aliphatic rings. The lowest BCUT2D eigenvalue weighted by atomic mass is 10.1. The van der Waals surface area contributed by atoms with Gasteiger partial charge in [0.25, 0.3) is 0 Å². The van der Waals surface area contributed by atoms with Crippen molar-refractivity contribution in [2.75, 3.05) is 0 Å². The highest BCUT2D eigenvalue weighted by Gasteiger charge is 2.30. The third kappa shape index (κ3) is 3.11. The SMILES string of the molecule is Oc1ccc2cc(-c3ccc(OC(F)(F)F)cc3)sc2c1. The average Bonchev–Trinajstić information content (AvgIpc) is 2.80. The van der Waals surface area contributed by atoms with Gasteiger partial charge in [0.15, 0.2) is 0 Å². The molecule has 0 atom stereocenters. The molecular weight excluding hydrogens is 301 g/mol. The smallest absolute Gasteiger partial charge is 0.508 e. The number of phenolic OH excluding ortho intramolecular Hbond substituents is 1. The van der Waals surface area contributed by atoms with Gasteiger partial charge in [0.1, 0.15) is 11.5 Å². The molecule has 0 unspecified atom stereocenters. The van der Waals surface area contributed by atoms with E-state index in [0.717, 1.165) is 20.5 Å². The Hall–Kier alpha value is -2.21. The quantitative estimate of drug-likeness (QED) is 0.707. The van der Waals surface area contributed by atoms with Crippen LogP contribution in [0.25, 0.3) is 20.5 Å². The summed E-state index contributed by atoms with van der Waals surface area (Å²) < 4.78 is 41.1. The number of alkyl halides is 3. The van der Waals surface area contributed by atoms with E-state index in [9.17, 15) is 18.3 Å². The van der Waals surface area contributed by atoms with Crippen molar-refractivity contribution >= 4 is 21.4 Å². The standard InChI is InChI=1S/C15H9F3O2S/c16-15(17,18)20-12-5-2-9(3-6-12)13-7-10-1-4-11(19)8-14(10)21-13/h1-8,19H. The summed E-state index contributed by atoms with van der Waals surface area (Å²) in [5.41, 5.74) is 0.796. The largest absolute Gasteiger partial charge is 0.573 e.